The van der Waals surface area contributed by atoms with Gasteiger partial charge in [-0.05, 0) is 42.8 Å². The summed E-state index contributed by atoms with van der Waals surface area (Å²) in [4.78, 5) is 27.2. The number of amides is 1. The summed E-state index contributed by atoms with van der Waals surface area (Å²) in [5, 5.41) is 3.26. The average molecular weight is 349 g/mol. The van der Waals surface area contributed by atoms with Gasteiger partial charge in [0.1, 0.15) is 12.4 Å². The van der Waals surface area contributed by atoms with Gasteiger partial charge in [-0.25, -0.2) is 4.79 Å². The number of ether oxygens (including phenoxy) is 2. The molecule has 0 saturated heterocycles. The van der Waals surface area contributed by atoms with Crippen LogP contribution in [0.2, 0.25) is 5.02 Å². The lowest BCUT2D eigenvalue weighted by molar-refractivity contribution is -0.145. The standard InChI is InChI=1S/C17H17ClN2O4/c1-12-9-14(4-5-15(12)18)24-11-16(21)23-8-7-20-17(22)13-3-2-6-19-10-13/h2-6,9-10H,7-8,11H2,1H3,(H,20,22). The molecule has 0 aliphatic carbocycles. The normalized spacial score (nSPS) is 10.1. The van der Waals surface area contributed by atoms with E-state index in [4.69, 9.17) is 21.1 Å². The summed E-state index contributed by atoms with van der Waals surface area (Å²) in [6, 6.07) is 8.44. The lowest BCUT2D eigenvalue weighted by Crippen LogP contribution is -2.28. The number of hydrogen-bond acceptors (Lipinski definition) is 5. The van der Waals surface area contributed by atoms with Gasteiger partial charge in [-0.15, -0.1) is 0 Å². The molecular weight excluding hydrogens is 332 g/mol. The van der Waals surface area contributed by atoms with Crippen molar-refractivity contribution in [2.75, 3.05) is 19.8 Å². The predicted molar refractivity (Wildman–Crippen MR) is 89.2 cm³/mol. The SMILES string of the molecule is Cc1cc(OCC(=O)OCCNC(=O)c2cccnc2)ccc1Cl. The number of carbonyl (C=O) groups is 2. The predicted octanol–water partition coefficient (Wildman–Crippen LogP) is 2.40. The average Bonchev–Trinajstić information content (AvgIpc) is 2.60. The van der Waals surface area contributed by atoms with E-state index in [1.807, 2.05) is 6.92 Å². The maximum absolute atomic E-state index is 11.7. The van der Waals surface area contributed by atoms with Crippen LogP contribution in [0.15, 0.2) is 42.7 Å². The Morgan fingerprint density at radius 3 is 2.83 bits per heavy atom. The molecule has 1 aromatic heterocycles. The number of hydrogen-bond donors (Lipinski definition) is 1. The molecule has 0 saturated carbocycles. The minimum atomic E-state index is -0.516. The van der Waals surface area contributed by atoms with E-state index >= 15 is 0 Å². The summed E-state index contributed by atoms with van der Waals surface area (Å²) in [5.74, 6) is -0.246. The number of pyridine rings is 1. The van der Waals surface area contributed by atoms with Crippen LogP contribution in [0, 0.1) is 6.92 Å². The first-order valence-electron chi connectivity index (χ1n) is 7.29. The second-order valence-corrected chi connectivity index (χ2v) is 5.32. The van der Waals surface area contributed by atoms with Crippen LogP contribution < -0.4 is 10.1 Å². The van der Waals surface area contributed by atoms with Crippen molar-refractivity contribution < 1.29 is 19.1 Å². The number of nitrogens with one attached hydrogen (secondary N) is 1. The smallest absolute Gasteiger partial charge is 0.344 e. The van der Waals surface area contributed by atoms with Crippen LogP contribution in [0.25, 0.3) is 0 Å². The summed E-state index contributed by atoms with van der Waals surface area (Å²) >= 11 is 5.91. The molecule has 0 atom stereocenters. The minimum Gasteiger partial charge on any atom is -0.482 e. The molecule has 126 valence electrons. The van der Waals surface area contributed by atoms with Gasteiger partial charge in [0, 0.05) is 17.4 Å². The number of benzene rings is 1. The molecule has 0 aliphatic rings. The molecule has 0 spiro atoms. The van der Waals surface area contributed by atoms with Crippen molar-refractivity contribution >= 4 is 23.5 Å². The molecule has 1 heterocycles. The summed E-state index contributed by atoms with van der Waals surface area (Å²) in [5.41, 5.74) is 1.31. The lowest BCUT2D eigenvalue weighted by atomic mass is 10.2. The third-order valence-electron chi connectivity index (χ3n) is 3.06. The van der Waals surface area contributed by atoms with E-state index < -0.39 is 5.97 Å². The Kier molecular flexibility index (Phi) is 6.57. The first kappa shape index (κ1) is 17.7. The Bertz CT molecular complexity index is 707. The molecule has 7 heteroatoms. The molecule has 2 aromatic rings. The van der Waals surface area contributed by atoms with Gasteiger partial charge in [0.05, 0.1) is 12.1 Å². The lowest BCUT2D eigenvalue weighted by Gasteiger charge is -2.09. The molecule has 1 amide bonds. The highest BCUT2D eigenvalue weighted by Crippen LogP contribution is 2.20. The highest BCUT2D eigenvalue weighted by Gasteiger charge is 2.07. The first-order chi connectivity index (χ1) is 11.6. The van der Waals surface area contributed by atoms with Crippen molar-refractivity contribution in [3.63, 3.8) is 0 Å². The van der Waals surface area contributed by atoms with Gasteiger partial charge in [-0.3, -0.25) is 9.78 Å². The second kappa shape index (κ2) is 8.88. The number of esters is 1. The van der Waals surface area contributed by atoms with Crippen LogP contribution in [-0.2, 0) is 9.53 Å². The molecule has 6 nitrogen and oxygen atoms in total. The van der Waals surface area contributed by atoms with Crippen LogP contribution in [0.1, 0.15) is 15.9 Å². The summed E-state index contributed by atoms with van der Waals surface area (Å²) < 4.78 is 10.3. The van der Waals surface area contributed by atoms with Crippen LogP contribution >= 0.6 is 11.6 Å². The number of carbonyl (C=O) groups excluding carboxylic acids is 2. The van der Waals surface area contributed by atoms with Gasteiger partial charge >= 0.3 is 5.97 Å². The zero-order chi connectivity index (χ0) is 17.4. The van der Waals surface area contributed by atoms with E-state index in [-0.39, 0.29) is 25.7 Å². The monoisotopic (exact) mass is 348 g/mol. The van der Waals surface area contributed by atoms with Crippen LogP contribution in [0.5, 0.6) is 5.75 Å². The summed E-state index contributed by atoms with van der Waals surface area (Å²) in [6.45, 7) is 1.91. The third-order valence-corrected chi connectivity index (χ3v) is 3.48. The largest absolute Gasteiger partial charge is 0.482 e. The van der Waals surface area contributed by atoms with Gasteiger partial charge in [-0.1, -0.05) is 11.6 Å². The van der Waals surface area contributed by atoms with Gasteiger partial charge in [0.15, 0.2) is 6.61 Å². The second-order valence-electron chi connectivity index (χ2n) is 4.92. The van der Waals surface area contributed by atoms with Crippen LogP contribution in [0.4, 0.5) is 0 Å². The fraction of sp³-hybridized carbons (Fsp3) is 0.235. The number of halogens is 1. The van der Waals surface area contributed by atoms with Crippen molar-refractivity contribution in [2.24, 2.45) is 0 Å². The minimum absolute atomic E-state index is 0.0633. The van der Waals surface area contributed by atoms with Crippen LogP contribution in [-0.4, -0.2) is 36.6 Å². The molecule has 24 heavy (non-hydrogen) atoms. The summed E-state index contributed by atoms with van der Waals surface area (Å²) in [6.07, 6.45) is 3.05. The highest BCUT2D eigenvalue weighted by atomic mass is 35.5. The molecule has 0 unspecified atom stereocenters. The number of aryl methyl sites for hydroxylation is 1. The maximum Gasteiger partial charge on any atom is 0.344 e. The Labute approximate surface area is 144 Å². The zero-order valence-corrected chi connectivity index (χ0v) is 13.9. The van der Waals surface area contributed by atoms with Gasteiger partial charge in [0.2, 0.25) is 0 Å². The Morgan fingerprint density at radius 2 is 2.12 bits per heavy atom. The van der Waals surface area contributed by atoms with Crippen molar-refractivity contribution in [3.8, 4) is 5.75 Å². The molecule has 1 N–H and O–H groups in total. The van der Waals surface area contributed by atoms with Gasteiger partial charge in [0.25, 0.3) is 5.91 Å². The topological polar surface area (TPSA) is 77.5 Å². The highest BCUT2D eigenvalue weighted by molar-refractivity contribution is 6.31. The third kappa shape index (κ3) is 5.55. The van der Waals surface area contributed by atoms with Crippen molar-refractivity contribution in [1.29, 1.82) is 0 Å². The summed E-state index contributed by atoms with van der Waals surface area (Å²) in [7, 11) is 0. The van der Waals surface area contributed by atoms with E-state index in [2.05, 4.69) is 10.3 Å². The van der Waals surface area contributed by atoms with E-state index in [1.54, 1.807) is 36.5 Å². The molecule has 0 radical (unpaired) electrons. The Balaban J connectivity index is 1.64. The van der Waals surface area contributed by atoms with E-state index in [9.17, 15) is 9.59 Å². The Morgan fingerprint density at radius 1 is 1.29 bits per heavy atom. The number of rotatable bonds is 7. The quantitative estimate of drug-likeness (QED) is 0.614. The van der Waals surface area contributed by atoms with Crippen molar-refractivity contribution in [1.82, 2.24) is 10.3 Å². The van der Waals surface area contributed by atoms with Crippen LogP contribution in [0.3, 0.4) is 0 Å². The number of nitrogens with zero attached hydrogens (tertiary/aromatic N) is 1. The molecule has 0 fully saturated rings. The number of aromatic nitrogens is 1. The Hall–Kier alpha value is -2.60. The first-order valence-corrected chi connectivity index (χ1v) is 7.67. The van der Waals surface area contributed by atoms with Gasteiger partial charge in [-0.2, -0.15) is 0 Å². The molecular formula is C17H17ClN2O4. The fourth-order valence-electron chi connectivity index (χ4n) is 1.82. The maximum atomic E-state index is 11.7. The molecule has 2 rings (SSSR count). The van der Waals surface area contributed by atoms with Crippen molar-refractivity contribution in [2.45, 2.75) is 6.92 Å². The molecule has 0 bridgehead atoms. The van der Waals surface area contributed by atoms with E-state index in [0.29, 0.717) is 16.3 Å². The molecule has 0 aliphatic heterocycles. The molecule has 1 aromatic carbocycles. The van der Waals surface area contributed by atoms with E-state index in [1.165, 1.54) is 6.20 Å². The zero-order valence-electron chi connectivity index (χ0n) is 13.1. The van der Waals surface area contributed by atoms with Crippen molar-refractivity contribution in [3.05, 3.63) is 58.9 Å². The van der Waals surface area contributed by atoms with Gasteiger partial charge < -0.3 is 14.8 Å². The van der Waals surface area contributed by atoms with E-state index in [0.717, 1.165) is 5.56 Å². The fourth-order valence-corrected chi connectivity index (χ4v) is 1.94.